The third kappa shape index (κ3) is 6.57. The molecule has 1 aromatic carbocycles. The highest BCUT2D eigenvalue weighted by Crippen LogP contribution is 2.29. The zero-order valence-electron chi connectivity index (χ0n) is 17.7. The van der Waals surface area contributed by atoms with Gasteiger partial charge < -0.3 is 19.4 Å². The van der Waals surface area contributed by atoms with Crippen molar-refractivity contribution in [1.29, 1.82) is 0 Å². The monoisotopic (exact) mass is 449 g/mol. The first-order valence-corrected chi connectivity index (χ1v) is 9.90. The van der Waals surface area contributed by atoms with E-state index in [1.54, 1.807) is 26.4 Å². The normalized spacial score (nSPS) is 16.5. The van der Waals surface area contributed by atoms with E-state index in [0.29, 0.717) is 18.1 Å². The summed E-state index contributed by atoms with van der Waals surface area (Å²) in [5.74, 6) is 1.50. The van der Waals surface area contributed by atoms with Crippen LogP contribution < -0.4 is 14.2 Å². The molecule has 1 aromatic heterocycles. The second-order valence-corrected chi connectivity index (χ2v) is 7.11. The van der Waals surface area contributed by atoms with Crippen LogP contribution in [-0.2, 0) is 6.54 Å². The highest BCUT2D eigenvalue weighted by molar-refractivity contribution is 6.35. The largest absolute Gasteiger partial charge is 0.493 e. The van der Waals surface area contributed by atoms with Crippen LogP contribution in [0.2, 0.25) is 0 Å². The van der Waals surface area contributed by atoms with Gasteiger partial charge in [-0.1, -0.05) is 17.6 Å². The van der Waals surface area contributed by atoms with Crippen molar-refractivity contribution in [2.75, 3.05) is 27.4 Å². The predicted molar refractivity (Wildman–Crippen MR) is 119 cm³/mol. The standard InChI is InChI=1S/C22H27N3O5.ClH/c1-28-20-8-6-16(11-21(20)29-2)14-25-10-4-3-5-18(25)15-30-22-9-7-17(12-23-22)19(26)13-24-27;/h6-9,11-13,18,27H,3-5,10,14-15H2,1-2H3;1H/b24-13+;. The number of aromatic nitrogens is 1. The number of carbonyl (C=O) groups is 1. The van der Waals surface area contributed by atoms with Crippen molar-refractivity contribution in [2.45, 2.75) is 31.8 Å². The minimum absolute atomic E-state index is 0. The Morgan fingerprint density at radius 3 is 2.71 bits per heavy atom. The first-order chi connectivity index (χ1) is 14.6. The first kappa shape index (κ1) is 24.4. The number of benzene rings is 1. The first-order valence-electron chi connectivity index (χ1n) is 9.90. The minimum atomic E-state index is -0.412. The summed E-state index contributed by atoms with van der Waals surface area (Å²) in [5.41, 5.74) is 1.50. The maximum Gasteiger partial charge on any atom is 0.213 e. The number of rotatable bonds is 9. The fourth-order valence-electron chi connectivity index (χ4n) is 3.59. The number of ketones is 1. The fourth-order valence-corrected chi connectivity index (χ4v) is 3.59. The van der Waals surface area contributed by atoms with Crippen LogP contribution in [0.3, 0.4) is 0 Å². The number of pyridine rings is 1. The summed E-state index contributed by atoms with van der Waals surface area (Å²) in [5, 5.41) is 11.2. The number of likely N-dealkylation sites (tertiary alicyclic amines) is 1. The van der Waals surface area contributed by atoms with Gasteiger partial charge in [-0.3, -0.25) is 9.69 Å². The Bertz CT molecular complexity index is 876. The molecule has 1 saturated heterocycles. The number of methoxy groups -OCH3 is 2. The summed E-state index contributed by atoms with van der Waals surface area (Å²) in [4.78, 5) is 18.2. The molecule has 2 aromatic rings. The molecule has 168 valence electrons. The minimum Gasteiger partial charge on any atom is -0.493 e. The van der Waals surface area contributed by atoms with Crippen LogP contribution in [0, 0.1) is 0 Å². The van der Waals surface area contributed by atoms with E-state index >= 15 is 0 Å². The lowest BCUT2D eigenvalue weighted by Gasteiger charge is -2.35. The highest BCUT2D eigenvalue weighted by atomic mass is 35.5. The van der Waals surface area contributed by atoms with Gasteiger partial charge in [-0.2, -0.15) is 0 Å². The van der Waals surface area contributed by atoms with Crippen LogP contribution in [0.15, 0.2) is 41.7 Å². The summed E-state index contributed by atoms with van der Waals surface area (Å²) in [6, 6.07) is 9.53. The molecule has 9 heteroatoms. The molecule has 31 heavy (non-hydrogen) atoms. The average molecular weight is 450 g/mol. The van der Waals surface area contributed by atoms with Crippen molar-refractivity contribution in [3.05, 3.63) is 47.7 Å². The summed E-state index contributed by atoms with van der Waals surface area (Å²) in [7, 11) is 3.27. The number of ether oxygens (including phenoxy) is 3. The van der Waals surface area contributed by atoms with Crippen LogP contribution in [-0.4, -0.2) is 60.5 Å². The van der Waals surface area contributed by atoms with Gasteiger partial charge in [0.05, 0.1) is 14.2 Å². The molecule has 0 bridgehead atoms. The molecule has 1 aliphatic rings. The molecule has 3 rings (SSSR count). The molecule has 8 nitrogen and oxygen atoms in total. The van der Waals surface area contributed by atoms with Crippen molar-refractivity contribution in [1.82, 2.24) is 9.88 Å². The van der Waals surface area contributed by atoms with Crippen LogP contribution >= 0.6 is 12.4 Å². The van der Waals surface area contributed by atoms with E-state index in [9.17, 15) is 4.79 Å². The number of nitrogens with zero attached hydrogens (tertiary/aromatic N) is 3. The van der Waals surface area contributed by atoms with Gasteiger partial charge in [0.2, 0.25) is 11.7 Å². The molecule has 1 unspecified atom stereocenters. The Hall–Kier alpha value is -2.84. The molecule has 2 heterocycles. The highest BCUT2D eigenvalue weighted by Gasteiger charge is 2.23. The smallest absolute Gasteiger partial charge is 0.213 e. The van der Waals surface area contributed by atoms with Gasteiger partial charge in [-0.25, -0.2) is 4.98 Å². The van der Waals surface area contributed by atoms with Gasteiger partial charge in [-0.05, 0) is 43.1 Å². The lowest BCUT2D eigenvalue weighted by molar-refractivity contribution is 0.0913. The number of hydrogen-bond acceptors (Lipinski definition) is 8. The molecule has 1 aliphatic heterocycles. The predicted octanol–water partition coefficient (Wildman–Crippen LogP) is 3.60. The maximum absolute atomic E-state index is 11.7. The van der Waals surface area contributed by atoms with Crippen LogP contribution in [0.25, 0.3) is 0 Å². The third-order valence-corrected chi connectivity index (χ3v) is 5.20. The lowest BCUT2D eigenvalue weighted by Crippen LogP contribution is -2.42. The van der Waals surface area contributed by atoms with E-state index in [2.05, 4.69) is 21.1 Å². The van der Waals surface area contributed by atoms with E-state index in [0.717, 1.165) is 55.6 Å². The summed E-state index contributed by atoms with van der Waals surface area (Å²) < 4.78 is 16.6. The molecule has 1 atom stereocenters. The van der Waals surface area contributed by atoms with Gasteiger partial charge in [-0.15, -0.1) is 12.4 Å². The number of Topliss-reactive ketones (excluding diaryl/α,β-unsaturated/α-hetero) is 1. The van der Waals surface area contributed by atoms with Gasteiger partial charge >= 0.3 is 0 Å². The quantitative estimate of drug-likeness (QED) is 0.270. The number of hydrogen-bond donors (Lipinski definition) is 1. The third-order valence-electron chi connectivity index (χ3n) is 5.20. The van der Waals surface area contributed by atoms with Gasteiger partial charge in [0.1, 0.15) is 12.8 Å². The van der Waals surface area contributed by atoms with Crippen molar-refractivity contribution in [2.24, 2.45) is 5.16 Å². The summed E-state index contributed by atoms with van der Waals surface area (Å²) in [6.07, 6.45) is 5.63. The van der Waals surface area contributed by atoms with Crippen LogP contribution in [0.4, 0.5) is 0 Å². The van der Waals surface area contributed by atoms with E-state index in [4.69, 9.17) is 19.4 Å². The van der Waals surface area contributed by atoms with Gasteiger partial charge in [0.25, 0.3) is 0 Å². The van der Waals surface area contributed by atoms with Gasteiger partial charge in [0.15, 0.2) is 11.5 Å². The second kappa shape index (κ2) is 12.1. The molecule has 1 fully saturated rings. The Morgan fingerprint density at radius 2 is 2.03 bits per heavy atom. The molecule has 0 amide bonds. The van der Waals surface area contributed by atoms with Crippen molar-refractivity contribution in [3.63, 3.8) is 0 Å². The Balaban J connectivity index is 0.00000341. The number of carbonyl (C=O) groups excluding carboxylic acids is 1. The zero-order chi connectivity index (χ0) is 21.3. The zero-order valence-corrected chi connectivity index (χ0v) is 18.5. The number of oxime groups is 1. The Kier molecular flexibility index (Phi) is 9.55. The van der Waals surface area contributed by atoms with Crippen molar-refractivity contribution >= 4 is 24.4 Å². The molecular weight excluding hydrogens is 422 g/mol. The molecular formula is C22H28ClN3O5. The number of piperidine rings is 1. The van der Waals surface area contributed by atoms with E-state index in [-0.39, 0.29) is 18.4 Å². The SMILES string of the molecule is COc1ccc(CN2CCCCC2COc2ccc(C(=O)/C=N/O)cn2)cc1OC.Cl. The van der Waals surface area contributed by atoms with Gasteiger partial charge in [0, 0.05) is 30.4 Å². The van der Waals surface area contributed by atoms with Crippen molar-refractivity contribution in [3.8, 4) is 17.4 Å². The molecule has 0 radical (unpaired) electrons. The van der Waals surface area contributed by atoms with Crippen molar-refractivity contribution < 1.29 is 24.2 Å². The van der Waals surface area contributed by atoms with E-state index < -0.39 is 5.78 Å². The average Bonchev–Trinajstić information content (AvgIpc) is 2.79. The molecule has 0 aliphatic carbocycles. The van der Waals surface area contributed by atoms with E-state index in [1.165, 1.54) is 6.20 Å². The summed E-state index contributed by atoms with van der Waals surface area (Å²) in [6.45, 7) is 2.32. The van der Waals surface area contributed by atoms with Crippen LogP contribution in [0.1, 0.15) is 35.2 Å². The maximum atomic E-state index is 11.7. The van der Waals surface area contributed by atoms with E-state index in [1.807, 2.05) is 12.1 Å². The fraction of sp³-hybridized carbons (Fsp3) is 0.409. The Morgan fingerprint density at radius 1 is 1.23 bits per heavy atom. The lowest BCUT2D eigenvalue weighted by atomic mass is 10.0. The topological polar surface area (TPSA) is 93.5 Å². The summed E-state index contributed by atoms with van der Waals surface area (Å²) >= 11 is 0. The molecule has 0 spiro atoms. The molecule has 1 N–H and O–H groups in total. The number of halogens is 1. The Labute approximate surface area is 188 Å². The second-order valence-electron chi connectivity index (χ2n) is 7.11. The van der Waals surface area contributed by atoms with Crippen LogP contribution in [0.5, 0.6) is 17.4 Å². The molecule has 0 saturated carbocycles.